The van der Waals surface area contributed by atoms with E-state index in [1.165, 1.54) is 23.1 Å². The van der Waals surface area contributed by atoms with E-state index < -0.39 is 11.9 Å². The third-order valence-corrected chi connectivity index (χ3v) is 7.61. The first-order valence-electron chi connectivity index (χ1n) is 11.3. The molecule has 0 spiro atoms. The van der Waals surface area contributed by atoms with Gasteiger partial charge in [-0.3, -0.25) is 9.59 Å². The standard InChI is InChI=1S/C25H25N3O5S/c1-4-33-25(31)20-18(14-9-11-15(32-3)12-10-14)21(13(2)29)27-28-22(20)26-23(30)19-16-7-5-6-8-17(16)34-24(19)28/h9-12,18H,4-8H2,1-3H3,(H,26,30). The summed E-state index contributed by atoms with van der Waals surface area (Å²) in [7, 11) is 1.57. The summed E-state index contributed by atoms with van der Waals surface area (Å²) >= 11 is 1.51. The molecule has 9 heteroatoms. The lowest BCUT2D eigenvalue weighted by Gasteiger charge is -2.36. The van der Waals surface area contributed by atoms with Gasteiger partial charge >= 0.3 is 5.97 Å². The number of ketones is 1. The van der Waals surface area contributed by atoms with E-state index in [0.29, 0.717) is 21.9 Å². The fraction of sp³-hybridized carbons (Fsp3) is 0.360. The molecule has 1 N–H and O–H groups in total. The van der Waals surface area contributed by atoms with Gasteiger partial charge in [-0.2, -0.15) is 5.10 Å². The lowest BCUT2D eigenvalue weighted by molar-refractivity contribution is -0.138. The molecule has 2 aromatic rings. The highest BCUT2D eigenvalue weighted by atomic mass is 32.1. The van der Waals surface area contributed by atoms with Crippen molar-refractivity contribution >= 4 is 39.7 Å². The Kier molecular flexibility index (Phi) is 5.73. The molecule has 5 rings (SSSR count). The third-order valence-electron chi connectivity index (χ3n) is 6.35. The number of hydrogen-bond donors (Lipinski definition) is 1. The number of amides is 1. The minimum atomic E-state index is -0.787. The van der Waals surface area contributed by atoms with Crippen molar-refractivity contribution in [3.05, 3.63) is 57.2 Å². The van der Waals surface area contributed by atoms with Crippen LogP contribution in [0.1, 0.15) is 59.0 Å². The van der Waals surface area contributed by atoms with Gasteiger partial charge in [0.2, 0.25) is 0 Å². The Morgan fingerprint density at radius 1 is 1.21 bits per heavy atom. The Balaban J connectivity index is 1.73. The lowest BCUT2D eigenvalue weighted by atomic mass is 9.83. The van der Waals surface area contributed by atoms with Crippen LogP contribution in [0, 0.1) is 0 Å². The molecule has 3 heterocycles. The highest BCUT2D eigenvalue weighted by molar-refractivity contribution is 7.16. The molecular weight excluding hydrogens is 454 g/mol. The van der Waals surface area contributed by atoms with Crippen molar-refractivity contribution in [2.45, 2.75) is 45.4 Å². The molecule has 1 unspecified atom stereocenters. The van der Waals surface area contributed by atoms with Crippen LogP contribution in [0.2, 0.25) is 0 Å². The number of fused-ring (bicyclic) bond motifs is 5. The predicted octanol–water partition coefficient (Wildman–Crippen LogP) is 3.70. The molecular formula is C25H25N3O5S. The smallest absolute Gasteiger partial charge is 0.338 e. The van der Waals surface area contributed by atoms with Gasteiger partial charge in [-0.15, -0.1) is 11.3 Å². The van der Waals surface area contributed by atoms with E-state index in [-0.39, 0.29) is 35.4 Å². The summed E-state index contributed by atoms with van der Waals surface area (Å²) in [5.41, 5.74) is 2.73. The van der Waals surface area contributed by atoms with Gasteiger partial charge in [0.25, 0.3) is 5.91 Å². The normalized spacial score (nSPS) is 18.9. The average Bonchev–Trinajstić information content (AvgIpc) is 3.23. The lowest BCUT2D eigenvalue weighted by Crippen LogP contribution is -2.46. The van der Waals surface area contributed by atoms with E-state index in [4.69, 9.17) is 14.6 Å². The molecule has 1 atom stereocenters. The van der Waals surface area contributed by atoms with Crippen LogP contribution >= 0.6 is 11.3 Å². The second-order valence-electron chi connectivity index (χ2n) is 8.39. The highest BCUT2D eigenvalue weighted by Crippen LogP contribution is 2.46. The Morgan fingerprint density at radius 3 is 2.62 bits per heavy atom. The third kappa shape index (κ3) is 3.51. The first-order valence-corrected chi connectivity index (χ1v) is 12.2. The van der Waals surface area contributed by atoms with E-state index in [2.05, 4.69) is 5.32 Å². The molecule has 0 bridgehead atoms. The number of rotatable bonds is 5. The summed E-state index contributed by atoms with van der Waals surface area (Å²) in [5.74, 6) is -1.00. The maximum absolute atomic E-state index is 13.3. The molecule has 1 aromatic carbocycles. The Bertz CT molecular complexity index is 1260. The first kappa shape index (κ1) is 22.3. The predicted molar refractivity (Wildman–Crippen MR) is 128 cm³/mol. The second kappa shape index (κ2) is 8.72. The number of benzene rings is 1. The molecule has 0 radical (unpaired) electrons. The van der Waals surface area contributed by atoms with Crippen LogP contribution in [0.25, 0.3) is 0 Å². The van der Waals surface area contributed by atoms with Gasteiger partial charge in [0.05, 0.1) is 30.8 Å². The molecule has 1 aliphatic carbocycles. The number of ether oxygens (including phenoxy) is 2. The van der Waals surface area contributed by atoms with Gasteiger partial charge in [0, 0.05) is 11.8 Å². The molecule has 0 saturated heterocycles. The number of aryl methyl sites for hydroxylation is 1. The second-order valence-corrected chi connectivity index (χ2v) is 9.47. The van der Waals surface area contributed by atoms with Crippen molar-refractivity contribution in [3.63, 3.8) is 0 Å². The zero-order valence-electron chi connectivity index (χ0n) is 19.3. The van der Waals surface area contributed by atoms with E-state index in [1.54, 1.807) is 43.3 Å². The summed E-state index contributed by atoms with van der Waals surface area (Å²) in [6, 6.07) is 7.10. The molecule has 1 aromatic heterocycles. The monoisotopic (exact) mass is 479 g/mol. The van der Waals surface area contributed by atoms with Gasteiger partial charge in [0.1, 0.15) is 22.3 Å². The van der Waals surface area contributed by atoms with Crippen LogP contribution in [0.15, 0.2) is 40.8 Å². The maximum atomic E-state index is 13.3. The summed E-state index contributed by atoms with van der Waals surface area (Å²) in [6.07, 6.45) is 3.85. The van der Waals surface area contributed by atoms with Crippen LogP contribution in [0.5, 0.6) is 5.75 Å². The Labute approximate surface area is 201 Å². The van der Waals surface area contributed by atoms with E-state index in [0.717, 1.165) is 31.2 Å². The summed E-state index contributed by atoms with van der Waals surface area (Å²) in [5, 5.41) is 9.84. The SMILES string of the molecule is CCOC(=O)C1=C2NC(=O)c3c(sc4c3CCCC4)N2N=C(C(C)=O)C1c1ccc(OC)cc1. The van der Waals surface area contributed by atoms with E-state index in [1.807, 2.05) is 0 Å². The Hall–Kier alpha value is -3.46. The van der Waals surface area contributed by atoms with Crippen LogP contribution < -0.4 is 15.1 Å². The van der Waals surface area contributed by atoms with Gasteiger partial charge < -0.3 is 14.8 Å². The number of esters is 1. The topological polar surface area (TPSA) is 97.3 Å². The zero-order valence-corrected chi connectivity index (χ0v) is 20.1. The quantitative estimate of drug-likeness (QED) is 0.657. The van der Waals surface area contributed by atoms with Crippen LogP contribution in [-0.4, -0.2) is 37.1 Å². The number of Topliss-reactive ketones (excluding diaryl/α,β-unsaturated/α-hetero) is 1. The number of carbonyl (C=O) groups is 3. The van der Waals surface area contributed by atoms with E-state index >= 15 is 0 Å². The molecule has 1 amide bonds. The fourth-order valence-electron chi connectivity index (χ4n) is 4.79. The molecule has 2 aliphatic heterocycles. The Morgan fingerprint density at radius 2 is 1.94 bits per heavy atom. The maximum Gasteiger partial charge on any atom is 0.338 e. The van der Waals surface area contributed by atoms with Gasteiger partial charge in [-0.25, -0.2) is 9.80 Å². The average molecular weight is 480 g/mol. The van der Waals surface area contributed by atoms with Gasteiger partial charge in [-0.05, 0) is 55.9 Å². The number of anilines is 1. The molecule has 3 aliphatic rings. The van der Waals surface area contributed by atoms with Crippen molar-refractivity contribution in [3.8, 4) is 5.75 Å². The minimum absolute atomic E-state index is 0.157. The van der Waals surface area contributed by atoms with Gasteiger partial charge in [-0.1, -0.05) is 12.1 Å². The number of hydrazone groups is 1. The molecule has 8 nitrogen and oxygen atoms in total. The molecule has 0 fully saturated rings. The van der Waals surface area contributed by atoms with Crippen molar-refractivity contribution in [2.24, 2.45) is 5.10 Å². The first-order chi connectivity index (χ1) is 16.4. The van der Waals surface area contributed by atoms with Crippen LogP contribution in [-0.2, 0) is 27.2 Å². The largest absolute Gasteiger partial charge is 0.497 e. The number of thiophene rings is 1. The number of hydrogen-bond acceptors (Lipinski definition) is 8. The van der Waals surface area contributed by atoms with Crippen molar-refractivity contribution in [1.29, 1.82) is 0 Å². The molecule has 176 valence electrons. The van der Waals surface area contributed by atoms with Crippen LogP contribution in [0.4, 0.5) is 5.00 Å². The minimum Gasteiger partial charge on any atom is -0.497 e. The van der Waals surface area contributed by atoms with Gasteiger partial charge in [0.15, 0.2) is 5.78 Å². The number of nitrogens with zero attached hydrogens (tertiary/aromatic N) is 2. The summed E-state index contributed by atoms with van der Waals surface area (Å²) in [6.45, 7) is 3.31. The van der Waals surface area contributed by atoms with Crippen molar-refractivity contribution in [2.75, 3.05) is 18.7 Å². The van der Waals surface area contributed by atoms with Crippen molar-refractivity contribution < 1.29 is 23.9 Å². The van der Waals surface area contributed by atoms with E-state index in [9.17, 15) is 14.4 Å². The summed E-state index contributed by atoms with van der Waals surface area (Å²) < 4.78 is 10.7. The number of nitrogens with one attached hydrogen (secondary N) is 1. The molecule has 34 heavy (non-hydrogen) atoms. The number of carbonyl (C=O) groups excluding carboxylic acids is 3. The highest BCUT2D eigenvalue weighted by Gasteiger charge is 2.44. The van der Waals surface area contributed by atoms with Crippen LogP contribution in [0.3, 0.4) is 0 Å². The molecule has 0 saturated carbocycles. The number of methoxy groups -OCH3 is 1. The fourth-order valence-corrected chi connectivity index (χ4v) is 6.14. The van der Waals surface area contributed by atoms with Crippen molar-refractivity contribution in [1.82, 2.24) is 5.32 Å². The summed E-state index contributed by atoms with van der Waals surface area (Å²) in [4.78, 5) is 40.6. The zero-order chi connectivity index (χ0) is 24.0.